The van der Waals surface area contributed by atoms with Gasteiger partial charge < -0.3 is 5.11 Å². The number of aryl methyl sites for hydroxylation is 1. The lowest BCUT2D eigenvalue weighted by Gasteiger charge is -2.22. The van der Waals surface area contributed by atoms with Crippen molar-refractivity contribution in [2.75, 3.05) is 0 Å². The SMILES string of the molecule is CCc1cc(-c2ccccc2)cc(-c2cc(C(C)(C)C)cc(CS)c2O)c1. The van der Waals surface area contributed by atoms with E-state index in [9.17, 15) is 5.11 Å². The van der Waals surface area contributed by atoms with Crippen molar-refractivity contribution < 1.29 is 5.11 Å². The standard InChI is InChI=1S/C25H28OS/c1-5-17-11-19(18-9-7-6-8-10-18)13-20(12-17)23-15-22(25(2,3)4)14-21(16-27)24(23)26/h6-15,26-27H,5,16H2,1-4H3. The number of rotatable bonds is 4. The fraction of sp³-hybridized carbons (Fsp3) is 0.280. The van der Waals surface area contributed by atoms with Gasteiger partial charge in [-0.2, -0.15) is 12.6 Å². The molecule has 3 aromatic carbocycles. The highest BCUT2D eigenvalue weighted by Gasteiger charge is 2.19. The minimum absolute atomic E-state index is 0.00474. The molecular weight excluding hydrogens is 348 g/mol. The summed E-state index contributed by atoms with van der Waals surface area (Å²) in [5.74, 6) is 0.854. The van der Waals surface area contributed by atoms with Crippen molar-refractivity contribution >= 4 is 12.6 Å². The Morgan fingerprint density at radius 1 is 0.852 bits per heavy atom. The molecule has 0 unspecified atom stereocenters. The second-order valence-corrected chi connectivity index (χ2v) is 8.39. The van der Waals surface area contributed by atoms with Crippen molar-refractivity contribution in [1.82, 2.24) is 0 Å². The summed E-state index contributed by atoms with van der Waals surface area (Å²) in [6, 6.07) is 21.2. The molecule has 0 fully saturated rings. The van der Waals surface area contributed by atoms with Gasteiger partial charge in [-0.15, -0.1) is 0 Å². The first-order valence-corrected chi connectivity index (χ1v) is 10.1. The lowest BCUT2D eigenvalue weighted by atomic mass is 9.83. The van der Waals surface area contributed by atoms with Crippen LogP contribution in [-0.4, -0.2) is 5.11 Å². The average Bonchev–Trinajstić information content (AvgIpc) is 2.67. The van der Waals surface area contributed by atoms with Gasteiger partial charge in [0, 0.05) is 16.9 Å². The van der Waals surface area contributed by atoms with Gasteiger partial charge in [0.05, 0.1) is 0 Å². The van der Waals surface area contributed by atoms with E-state index in [4.69, 9.17) is 0 Å². The summed E-state index contributed by atoms with van der Waals surface area (Å²) in [6.45, 7) is 8.76. The lowest BCUT2D eigenvalue weighted by Crippen LogP contribution is -2.11. The summed E-state index contributed by atoms with van der Waals surface area (Å²) in [5.41, 5.74) is 7.67. The van der Waals surface area contributed by atoms with Gasteiger partial charge in [-0.25, -0.2) is 0 Å². The second-order valence-electron chi connectivity index (χ2n) is 8.08. The van der Waals surface area contributed by atoms with E-state index >= 15 is 0 Å². The molecule has 0 radical (unpaired) electrons. The molecule has 0 heterocycles. The molecule has 0 atom stereocenters. The van der Waals surface area contributed by atoms with Crippen LogP contribution in [0.25, 0.3) is 22.3 Å². The largest absolute Gasteiger partial charge is 0.507 e. The molecule has 1 N–H and O–H groups in total. The van der Waals surface area contributed by atoms with E-state index in [0.717, 1.165) is 23.1 Å². The lowest BCUT2D eigenvalue weighted by molar-refractivity contribution is 0.471. The van der Waals surface area contributed by atoms with E-state index in [1.165, 1.54) is 22.3 Å². The summed E-state index contributed by atoms with van der Waals surface area (Å²) in [4.78, 5) is 0. The van der Waals surface area contributed by atoms with E-state index in [1.54, 1.807) is 0 Å². The van der Waals surface area contributed by atoms with E-state index in [2.05, 4.69) is 94.9 Å². The highest BCUT2D eigenvalue weighted by Crippen LogP contribution is 2.39. The monoisotopic (exact) mass is 376 g/mol. The molecule has 0 aliphatic carbocycles. The van der Waals surface area contributed by atoms with Gasteiger partial charge in [0.2, 0.25) is 0 Å². The predicted octanol–water partition coefficient (Wildman–Crippen LogP) is 7.02. The number of hydrogen-bond donors (Lipinski definition) is 2. The fourth-order valence-electron chi connectivity index (χ4n) is 3.32. The first-order valence-electron chi connectivity index (χ1n) is 9.50. The number of phenolic OH excluding ortho intramolecular Hbond substituents is 1. The first-order chi connectivity index (χ1) is 12.8. The topological polar surface area (TPSA) is 20.2 Å². The zero-order valence-electron chi connectivity index (χ0n) is 16.6. The summed E-state index contributed by atoms with van der Waals surface area (Å²) in [7, 11) is 0. The van der Waals surface area contributed by atoms with Crippen LogP contribution in [0.15, 0.2) is 60.7 Å². The van der Waals surface area contributed by atoms with Crippen LogP contribution in [0.3, 0.4) is 0 Å². The third-order valence-corrected chi connectivity index (χ3v) is 5.39. The van der Waals surface area contributed by atoms with Gasteiger partial charge in [0.1, 0.15) is 5.75 Å². The van der Waals surface area contributed by atoms with Crippen molar-refractivity contribution in [3.05, 3.63) is 77.4 Å². The second kappa shape index (κ2) is 7.82. The maximum absolute atomic E-state index is 10.9. The molecule has 0 spiro atoms. The van der Waals surface area contributed by atoms with Crippen LogP contribution < -0.4 is 0 Å². The van der Waals surface area contributed by atoms with Crippen LogP contribution in [0, 0.1) is 0 Å². The molecule has 1 nitrogen and oxygen atoms in total. The molecule has 0 aromatic heterocycles. The summed E-state index contributed by atoms with van der Waals surface area (Å²) >= 11 is 4.44. The van der Waals surface area contributed by atoms with Crippen LogP contribution in [0.1, 0.15) is 44.4 Å². The summed E-state index contributed by atoms with van der Waals surface area (Å²) in [5, 5.41) is 10.9. The van der Waals surface area contributed by atoms with E-state index in [-0.39, 0.29) is 5.41 Å². The van der Waals surface area contributed by atoms with Gasteiger partial charge in [-0.3, -0.25) is 0 Å². The Kier molecular flexibility index (Phi) is 5.67. The van der Waals surface area contributed by atoms with Gasteiger partial charge >= 0.3 is 0 Å². The van der Waals surface area contributed by atoms with E-state index < -0.39 is 0 Å². The minimum atomic E-state index is 0.00474. The third kappa shape index (κ3) is 4.22. The quantitative estimate of drug-likeness (QED) is 0.469. The zero-order chi connectivity index (χ0) is 19.6. The van der Waals surface area contributed by atoms with Crippen LogP contribution in [0.4, 0.5) is 0 Å². The Labute approximate surface area is 168 Å². The van der Waals surface area contributed by atoms with Crippen molar-refractivity contribution in [1.29, 1.82) is 0 Å². The molecule has 0 aliphatic heterocycles. The van der Waals surface area contributed by atoms with Gasteiger partial charge in [0.15, 0.2) is 0 Å². The van der Waals surface area contributed by atoms with Gasteiger partial charge in [-0.05, 0) is 51.8 Å². The van der Waals surface area contributed by atoms with Crippen molar-refractivity contribution in [2.45, 2.75) is 45.3 Å². The smallest absolute Gasteiger partial charge is 0.127 e. The molecule has 0 saturated carbocycles. The molecule has 3 rings (SSSR count). The van der Waals surface area contributed by atoms with Crippen LogP contribution in [-0.2, 0) is 17.6 Å². The number of phenols is 1. The Bertz CT molecular complexity index is 937. The normalized spacial score (nSPS) is 11.6. The van der Waals surface area contributed by atoms with Crippen LogP contribution >= 0.6 is 12.6 Å². The van der Waals surface area contributed by atoms with Crippen molar-refractivity contribution in [3.8, 4) is 28.0 Å². The highest BCUT2D eigenvalue weighted by molar-refractivity contribution is 7.79. The Morgan fingerprint density at radius 2 is 1.52 bits per heavy atom. The number of benzene rings is 3. The summed E-state index contributed by atoms with van der Waals surface area (Å²) < 4.78 is 0. The molecule has 2 heteroatoms. The minimum Gasteiger partial charge on any atom is -0.507 e. The van der Waals surface area contributed by atoms with E-state index in [1.807, 2.05) is 6.07 Å². The van der Waals surface area contributed by atoms with Crippen LogP contribution in [0.2, 0.25) is 0 Å². The molecule has 3 aromatic rings. The molecule has 0 bridgehead atoms. The Morgan fingerprint density at radius 3 is 2.11 bits per heavy atom. The Balaban J connectivity index is 2.24. The predicted molar refractivity (Wildman–Crippen MR) is 120 cm³/mol. The number of aromatic hydroxyl groups is 1. The van der Waals surface area contributed by atoms with Crippen molar-refractivity contribution in [2.24, 2.45) is 0 Å². The molecule has 0 amide bonds. The molecular formula is C25H28OS. The molecule has 0 aliphatic rings. The average molecular weight is 377 g/mol. The van der Waals surface area contributed by atoms with Gasteiger partial charge in [0.25, 0.3) is 0 Å². The van der Waals surface area contributed by atoms with Crippen molar-refractivity contribution in [3.63, 3.8) is 0 Å². The summed E-state index contributed by atoms with van der Waals surface area (Å²) in [6.07, 6.45) is 0.951. The maximum Gasteiger partial charge on any atom is 0.127 e. The molecule has 0 saturated heterocycles. The highest BCUT2D eigenvalue weighted by atomic mass is 32.1. The maximum atomic E-state index is 10.9. The molecule has 140 valence electrons. The van der Waals surface area contributed by atoms with E-state index in [0.29, 0.717) is 11.5 Å². The van der Waals surface area contributed by atoms with Crippen LogP contribution in [0.5, 0.6) is 5.75 Å². The number of hydrogen-bond acceptors (Lipinski definition) is 2. The Hall–Kier alpha value is -2.19. The number of thiol groups is 1. The first kappa shape index (κ1) is 19.6. The third-order valence-electron chi connectivity index (χ3n) is 5.04. The zero-order valence-corrected chi connectivity index (χ0v) is 17.5. The molecule has 27 heavy (non-hydrogen) atoms. The van der Waals surface area contributed by atoms with Gasteiger partial charge in [-0.1, -0.05) is 76.2 Å². The fourth-order valence-corrected chi connectivity index (χ4v) is 3.56.